The number of thiophene rings is 1. The molecule has 1 aromatic heterocycles. The summed E-state index contributed by atoms with van der Waals surface area (Å²) in [6.07, 6.45) is 4.38. The van der Waals surface area contributed by atoms with E-state index in [4.69, 9.17) is 14.9 Å². The van der Waals surface area contributed by atoms with Crippen LogP contribution in [0.1, 0.15) is 15.2 Å². The van der Waals surface area contributed by atoms with Crippen LogP contribution in [0.15, 0.2) is 64.6 Å². The predicted octanol–water partition coefficient (Wildman–Crippen LogP) is 3.35. The van der Waals surface area contributed by atoms with Gasteiger partial charge in [-0.05, 0) is 53.8 Å². The SMILES string of the molecule is C=C1C=C(NS(=O)(=O)c2ccsc2C(=O)Nc2cc3c(cc2C)OCO3)C=CC1=N. The number of aryl methyl sites for hydroxylation is 1. The first-order chi connectivity index (χ1) is 14.2. The Kier molecular flexibility index (Phi) is 4.96. The maximum absolute atomic E-state index is 12.9. The number of hydrogen-bond acceptors (Lipinski definition) is 7. The van der Waals surface area contributed by atoms with Crippen molar-refractivity contribution in [3.63, 3.8) is 0 Å². The lowest BCUT2D eigenvalue weighted by molar-refractivity contribution is 0.102. The number of carbonyl (C=O) groups excluding carboxylic acids is 1. The van der Waals surface area contributed by atoms with E-state index in [2.05, 4.69) is 16.6 Å². The second-order valence-corrected chi connectivity index (χ2v) is 9.13. The van der Waals surface area contributed by atoms with Crippen LogP contribution in [-0.2, 0) is 10.0 Å². The van der Waals surface area contributed by atoms with Gasteiger partial charge in [-0.15, -0.1) is 11.3 Å². The highest BCUT2D eigenvalue weighted by Crippen LogP contribution is 2.37. The van der Waals surface area contributed by atoms with E-state index in [-0.39, 0.29) is 28.0 Å². The molecule has 1 aliphatic heterocycles. The zero-order valence-corrected chi connectivity index (χ0v) is 17.4. The van der Waals surface area contributed by atoms with Gasteiger partial charge >= 0.3 is 0 Å². The molecule has 0 fully saturated rings. The monoisotopic (exact) mass is 443 g/mol. The Labute approximate surface area is 177 Å². The van der Waals surface area contributed by atoms with Crippen LogP contribution < -0.4 is 19.5 Å². The van der Waals surface area contributed by atoms with Crippen molar-refractivity contribution in [2.75, 3.05) is 12.1 Å². The molecule has 4 rings (SSSR count). The van der Waals surface area contributed by atoms with Crippen LogP contribution in [0.25, 0.3) is 0 Å². The molecule has 0 bridgehead atoms. The van der Waals surface area contributed by atoms with Gasteiger partial charge in [-0.2, -0.15) is 0 Å². The molecule has 1 aromatic carbocycles. The number of carbonyl (C=O) groups is 1. The van der Waals surface area contributed by atoms with Crippen molar-refractivity contribution in [2.45, 2.75) is 11.8 Å². The van der Waals surface area contributed by atoms with Gasteiger partial charge in [0, 0.05) is 17.5 Å². The summed E-state index contributed by atoms with van der Waals surface area (Å²) in [4.78, 5) is 12.8. The van der Waals surface area contributed by atoms with Crippen molar-refractivity contribution in [1.29, 1.82) is 5.41 Å². The molecule has 0 unspecified atom stereocenters. The highest BCUT2D eigenvalue weighted by Gasteiger charge is 2.26. The van der Waals surface area contributed by atoms with Gasteiger partial charge in [0.25, 0.3) is 15.9 Å². The minimum Gasteiger partial charge on any atom is -0.454 e. The molecule has 10 heteroatoms. The van der Waals surface area contributed by atoms with E-state index in [0.29, 0.717) is 22.8 Å². The molecule has 0 radical (unpaired) electrons. The van der Waals surface area contributed by atoms with E-state index in [9.17, 15) is 13.2 Å². The molecular weight excluding hydrogens is 426 g/mol. The van der Waals surface area contributed by atoms with Crippen molar-refractivity contribution in [3.05, 3.63) is 70.1 Å². The molecule has 1 aliphatic carbocycles. The fraction of sp³-hybridized carbons (Fsp3) is 0.100. The second kappa shape index (κ2) is 7.47. The molecule has 1 amide bonds. The lowest BCUT2D eigenvalue weighted by Gasteiger charge is -2.13. The van der Waals surface area contributed by atoms with E-state index in [1.165, 1.54) is 29.7 Å². The van der Waals surface area contributed by atoms with Gasteiger partial charge in [-0.3, -0.25) is 9.52 Å². The standard InChI is InChI=1S/C20H17N3O5S2/c1-11-7-13(3-4-14(11)21)23-30(25,26)18-5-6-29-19(18)20(24)22-15-9-17-16(8-12(15)2)27-10-28-17/h3-9,21,23H,1,10H2,2H3,(H,22,24). The number of amides is 1. The normalized spacial score (nSPS) is 15.2. The zero-order valence-electron chi connectivity index (χ0n) is 15.8. The number of rotatable bonds is 5. The van der Waals surface area contributed by atoms with Crippen LogP contribution in [0.3, 0.4) is 0 Å². The topological polar surface area (TPSA) is 118 Å². The summed E-state index contributed by atoms with van der Waals surface area (Å²) in [5.74, 6) is 0.558. The van der Waals surface area contributed by atoms with Crippen LogP contribution >= 0.6 is 11.3 Å². The first-order valence-corrected chi connectivity index (χ1v) is 11.1. The van der Waals surface area contributed by atoms with Crippen LogP contribution in [0.2, 0.25) is 0 Å². The Morgan fingerprint density at radius 2 is 1.97 bits per heavy atom. The largest absolute Gasteiger partial charge is 0.454 e. The number of allylic oxidation sites excluding steroid dienone is 4. The zero-order chi connectivity index (χ0) is 21.5. The average Bonchev–Trinajstić information content (AvgIpc) is 3.34. The Morgan fingerprint density at radius 3 is 2.70 bits per heavy atom. The Hall–Kier alpha value is -3.37. The molecule has 0 atom stereocenters. The third-order valence-electron chi connectivity index (χ3n) is 4.45. The molecule has 2 heterocycles. The van der Waals surface area contributed by atoms with Crippen molar-refractivity contribution in [1.82, 2.24) is 4.72 Å². The number of anilines is 1. The number of ether oxygens (including phenoxy) is 2. The smallest absolute Gasteiger partial charge is 0.267 e. The van der Waals surface area contributed by atoms with Gasteiger partial charge in [0.1, 0.15) is 9.77 Å². The summed E-state index contributed by atoms with van der Waals surface area (Å²) in [6.45, 7) is 5.61. The fourth-order valence-electron chi connectivity index (χ4n) is 2.90. The predicted molar refractivity (Wildman–Crippen MR) is 114 cm³/mol. The van der Waals surface area contributed by atoms with Crippen LogP contribution in [0.4, 0.5) is 5.69 Å². The van der Waals surface area contributed by atoms with Gasteiger partial charge < -0.3 is 20.2 Å². The molecule has 30 heavy (non-hydrogen) atoms. The third-order valence-corrected chi connectivity index (χ3v) is 6.92. The second-order valence-electron chi connectivity index (χ2n) is 6.57. The number of nitrogens with one attached hydrogen (secondary N) is 3. The Balaban J connectivity index is 1.58. The molecule has 3 N–H and O–H groups in total. The number of hydrogen-bond donors (Lipinski definition) is 3. The summed E-state index contributed by atoms with van der Waals surface area (Å²) in [5.41, 5.74) is 2.11. The van der Waals surface area contributed by atoms with Gasteiger partial charge in [0.15, 0.2) is 11.5 Å². The van der Waals surface area contributed by atoms with Crippen LogP contribution in [0, 0.1) is 12.3 Å². The van der Waals surface area contributed by atoms with Crippen molar-refractivity contribution < 1.29 is 22.7 Å². The summed E-state index contributed by atoms with van der Waals surface area (Å²) < 4.78 is 38.8. The minimum atomic E-state index is -4.02. The maximum atomic E-state index is 12.9. The van der Waals surface area contributed by atoms with E-state index < -0.39 is 15.9 Å². The van der Waals surface area contributed by atoms with Gasteiger partial charge in [0.05, 0.1) is 5.71 Å². The minimum absolute atomic E-state index is 0.0477. The average molecular weight is 444 g/mol. The van der Waals surface area contributed by atoms with Crippen molar-refractivity contribution in [2.24, 2.45) is 0 Å². The molecule has 2 aromatic rings. The summed E-state index contributed by atoms with van der Waals surface area (Å²) >= 11 is 1.02. The third kappa shape index (κ3) is 3.74. The Bertz CT molecular complexity index is 1260. The number of fused-ring (bicyclic) bond motifs is 1. The molecule has 0 saturated carbocycles. The molecule has 154 valence electrons. The first kappa shape index (κ1) is 19.9. The van der Waals surface area contributed by atoms with E-state index >= 15 is 0 Å². The summed E-state index contributed by atoms with van der Waals surface area (Å²) in [7, 11) is -4.02. The number of benzene rings is 1. The maximum Gasteiger partial charge on any atom is 0.267 e. The molecule has 2 aliphatic rings. The fourth-order valence-corrected chi connectivity index (χ4v) is 5.27. The van der Waals surface area contributed by atoms with Crippen molar-refractivity contribution in [3.8, 4) is 11.5 Å². The van der Waals surface area contributed by atoms with Crippen LogP contribution in [0.5, 0.6) is 11.5 Å². The van der Waals surface area contributed by atoms with E-state index in [0.717, 1.165) is 16.9 Å². The van der Waals surface area contributed by atoms with Gasteiger partial charge in [0.2, 0.25) is 6.79 Å². The lowest BCUT2D eigenvalue weighted by atomic mass is 10.1. The molecule has 8 nitrogen and oxygen atoms in total. The highest BCUT2D eigenvalue weighted by molar-refractivity contribution is 7.89. The van der Waals surface area contributed by atoms with Gasteiger partial charge in [-0.1, -0.05) is 6.58 Å². The van der Waals surface area contributed by atoms with E-state index in [1.807, 2.05) is 0 Å². The van der Waals surface area contributed by atoms with Gasteiger partial charge in [-0.25, -0.2) is 8.42 Å². The van der Waals surface area contributed by atoms with Crippen molar-refractivity contribution >= 4 is 38.7 Å². The number of sulfonamides is 1. The Morgan fingerprint density at radius 1 is 1.23 bits per heavy atom. The lowest BCUT2D eigenvalue weighted by Crippen LogP contribution is -2.25. The van der Waals surface area contributed by atoms with Crippen LogP contribution in [-0.4, -0.2) is 26.8 Å². The molecular formula is C20H17N3O5S2. The first-order valence-electron chi connectivity index (χ1n) is 8.74. The molecule has 0 spiro atoms. The quantitative estimate of drug-likeness (QED) is 0.655. The highest BCUT2D eigenvalue weighted by atomic mass is 32.2. The molecule has 0 saturated heterocycles. The van der Waals surface area contributed by atoms with E-state index in [1.54, 1.807) is 19.1 Å². The summed E-state index contributed by atoms with van der Waals surface area (Å²) in [5, 5.41) is 11.9. The summed E-state index contributed by atoms with van der Waals surface area (Å²) in [6, 6.07) is 4.77.